The van der Waals surface area contributed by atoms with Crippen molar-refractivity contribution in [2.24, 2.45) is 5.73 Å². The minimum absolute atomic E-state index is 0.223. The van der Waals surface area contributed by atoms with E-state index in [1.54, 1.807) is 11.3 Å². The smallest absolute Gasteiger partial charge is 0.0407 e. The van der Waals surface area contributed by atoms with Gasteiger partial charge in [0.1, 0.15) is 0 Å². The first-order valence-electron chi connectivity index (χ1n) is 5.80. The molecule has 3 heteroatoms. The van der Waals surface area contributed by atoms with E-state index >= 15 is 0 Å². The average Bonchev–Trinajstić information content (AvgIpc) is 2.66. The number of piperidine rings is 1. The van der Waals surface area contributed by atoms with Gasteiger partial charge >= 0.3 is 0 Å². The zero-order chi connectivity index (χ0) is 10.7. The van der Waals surface area contributed by atoms with Crippen LogP contribution < -0.4 is 11.1 Å². The molecule has 3 N–H and O–H groups in total. The van der Waals surface area contributed by atoms with E-state index in [0.29, 0.717) is 6.04 Å². The fourth-order valence-corrected chi connectivity index (χ4v) is 3.25. The number of rotatable bonds is 3. The van der Waals surface area contributed by atoms with Crippen LogP contribution in [-0.4, -0.2) is 12.6 Å². The van der Waals surface area contributed by atoms with Crippen LogP contribution in [0.5, 0.6) is 0 Å². The van der Waals surface area contributed by atoms with E-state index in [1.165, 1.54) is 36.2 Å². The van der Waals surface area contributed by atoms with Crippen LogP contribution in [0.25, 0.3) is 0 Å². The van der Waals surface area contributed by atoms with E-state index in [2.05, 4.69) is 23.7 Å². The zero-order valence-corrected chi connectivity index (χ0v) is 10.1. The van der Waals surface area contributed by atoms with Gasteiger partial charge in [-0.25, -0.2) is 0 Å². The van der Waals surface area contributed by atoms with Crippen molar-refractivity contribution < 1.29 is 0 Å². The monoisotopic (exact) mass is 224 g/mol. The average molecular weight is 224 g/mol. The van der Waals surface area contributed by atoms with Crippen molar-refractivity contribution in [3.63, 3.8) is 0 Å². The van der Waals surface area contributed by atoms with E-state index in [0.717, 1.165) is 6.42 Å². The standard InChI is InChI=1S/C12H20N2S/c1-9-5-7-15-12(9)11(13)8-10-4-2-3-6-14-10/h5,7,10-11,14H,2-4,6,8,13H2,1H3. The van der Waals surface area contributed by atoms with Crippen LogP contribution in [-0.2, 0) is 0 Å². The normalized spacial score (nSPS) is 24.0. The minimum atomic E-state index is 0.223. The van der Waals surface area contributed by atoms with Gasteiger partial charge in [-0.3, -0.25) is 0 Å². The van der Waals surface area contributed by atoms with Crippen LogP contribution in [0.2, 0.25) is 0 Å². The Balaban J connectivity index is 1.91. The van der Waals surface area contributed by atoms with Gasteiger partial charge in [0.2, 0.25) is 0 Å². The predicted octanol–water partition coefficient (Wildman–Crippen LogP) is 2.59. The van der Waals surface area contributed by atoms with Crippen molar-refractivity contribution >= 4 is 11.3 Å². The van der Waals surface area contributed by atoms with Gasteiger partial charge in [0, 0.05) is 17.0 Å². The maximum Gasteiger partial charge on any atom is 0.0407 e. The van der Waals surface area contributed by atoms with Crippen molar-refractivity contribution in [1.29, 1.82) is 0 Å². The third-order valence-corrected chi connectivity index (χ3v) is 4.34. The van der Waals surface area contributed by atoms with E-state index < -0.39 is 0 Å². The molecule has 1 aromatic rings. The lowest BCUT2D eigenvalue weighted by Gasteiger charge is -2.26. The van der Waals surface area contributed by atoms with Crippen LogP contribution in [0.4, 0.5) is 0 Å². The Morgan fingerprint density at radius 3 is 3.07 bits per heavy atom. The van der Waals surface area contributed by atoms with Gasteiger partial charge in [-0.15, -0.1) is 11.3 Å². The molecule has 0 amide bonds. The lowest BCUT2D eigenvalue weighted by Crippen LogP contribution is -2.36. The van der Waals surface area contributed by atoms with Crippen LogP contribution >= 0.6 is 11.3 Å². The highest BCUT2D eigenvalue weighted by atomic mass is 32.1. The largest absolute Gasteiger partial charge is 0.323 e. The molecule has 0 saturated carbocycles. The Morgan fingerprint density at radius 2 is 2.47 bits per heavy atom. The van der Waals surface area contributed by atoms with Crippen molar-refractivity contribution in [1.82, 2.24) is 5.32 Å². The van der Waals surface area contributed by atoms with Gasteiger partial charge in [-0.05, 0) is 49.7 Å². The Hall–Kier alpha value is -0.380. The van der Waals surface area contributed by atoms with Gasteiger partial charge in [-0.2, -0.15) is 0 Å². The SMILES string of the molecule is Cc1ccsc1C(N)CC1CCCCN1. The van der Waals surface area contributed by atoms with E-state index in [-0.39, 0.29) is 6.04 Å². The molecular weight excluding hydrogens is 204 g/mol. The van der Waals surface area contributed by atoms with Gasteiger partial charge in [0.25, 0.3) is 0 Å². The molecule has 0 radical (unpaired) electrons. The molecule has 84 valence electrons. The topological polar surface area (TPSA) is 38.0 Å². The summed E-state index contributed by atoms with van der Waals surface area (Å²) in [4.78, 5) is 1.36. The van der Waals surface area contributed by atoms with Crippen LogP contribution in [0.15, 0.2) is 11.4 Å². The number of hydrogen-bond donors (Lipinski definition) is 2. The van der Waals surface area contributed by atoms with Crippen LogP contribution in [0.1, 0.15) is 42.2 Å². The van der Waals surface area contributed by atoms with E-state index in [9.17, 15) is 0 Å². The van der Waals surface area contributed by atoms with Crippen molar-refractivity contribution in [2.45, 2.75) is 44.7 Å². The van der Waals surface area contributed by atoms with Crippen LogP contribution in [0, 0.1) is 6.92 Å². The molecular formula is C12H20N2S. The number of nitrogens with one attached hydrogen (secondary N) is 1. The zero-order valence-electron chi connectivity index (χ0n) is 9.33. The Kier molecular flexibility index (Phi) is 3.78. The molecule has 0 spiro atoms. The van der Waals surface area contributed by atoms with Crippen molar-refractivity contribution in [2.75, 3.05) is 6.54 Å². The summed E-state index contributed by atoms with van der Waals surface area (Å²) in [5.74, 6) is 0. The number of thiophene rings is 1. The molecule has 1 fully saturated rings. The molecule has 1 aliphatic heterocycles. The molecule has 15 heavy (non-hydrogen) atoms. The van der Waals surface area contributed by atoms with Gasteiger partial charge < -0.3 is 11.1 Å². The summed E-state index contributed by atoms with van der Waals surface area (Å²) in [5.41, 5.74) is 7.59. The summed E-state index contributed by atoms with van der Waals surface area (Å²) in [6, 6.07) is 3.02. The number of nitrogens with two attached hydrogens (primary N) is 1. The fourth-order valence-electron chi connectivity index (χ4n) is 2.30. The molecule has 2 nitrogen and oxygen atoms in total. The molecule has 0 aliphatic carbocycles. The maximum atomic E-state index is 6.24. The van der Waals surface area contributed by atoms with Gasteiger partial charge in [-0.1, -0.05) is 6.42 Å². The first-order chi connectivity index (χ1) is 7.27. The molecule has 2 rings (SSSR count). The highest BCUT2D eigenvalue weighted by Gasteiger charge is 2.18. The van der Waals surface area contributed by atoms with Crippen molar-refractivity contribution in [3.05, 3.63) is 21.9 Å². The number of hydrogen-bond acceptors (Lipinski definition) is 3. The molecule has 0 bridgehead atoms. The fraction of sp³-hybridized carbons (Fsp3) is 0.667. The molecule has 1 aliphatic rings. The summed E-state index contributed by atoms with van der Waals surface area (Å²) < 4.78 is 0. The quantitative estimate of drug-likeness (QED) is 0.828. The highest BCUT2D eigenvalue weighted by molar-refractivity contribution is 7.10. The lowest BCUT2D eigenvalue weighted by molar-refractivity contribution is 0.363. The van der Waals surface area contributed by atoms with Gasteiger partial charge in [0.15, 0.2) is 0 Å². The third kappa shape index (κ3) is 2.80. The van der Waals surface area contributed by atoms with Crippen LogP contribution in [0.3, 0.4) is 0 Å². The second kappa shape index (κ2) is 5.10. The van der Waals surface area contributed by atoms with E-state index in [1.807, 2.05) is 0 Å². The summed E-state index contributed by atoms with van der Waals surface area (Å²) >= 11 is 1.79. The molecule has 2 heterocycles. The first-order valence-corrected chi connectivity index (χ1v) is 6.68. The summed E-state index contributed by atoms with van der Waals surface area (Å²) in [5, 5.41) is 5.69. The van der Waals surface area contributed by atoms with Gasteiger partial charge in [0.05, 0.1) is 0 Å². The Labute approximate surface area is 95.9 Å². The second-order valence-corrected chi connectivity index (χ2v) is 5.40. The number of aryl methyl sites for hydroxylation is 1. The maximum absolute atomic E-state index is 6.24. The molecule has 1 aromatic heterocycles. The molecule has 2 atom stereocenters. The minimum Gasteiger partial charge on any atom is -0.323 e. The third-order valence-electron chi connectivity index (χ3n) is 3.19. The van der Waals surface area contributed by atoms with Crippen molar-refractivity contribution in [3.8, 4) is 0 Å². The Morgan fingerprint density at radius 1 is 1.60 bits per heavy atom. The Bertz CT molecular complexity index is 302. The predicted molar refractivity (Wildman–Crippen MR) is 66.2 cm³/mol. The summed E-state index contributed by atoms with van der Waals surface area (Å²) in [6.45, 7) is 3.32. The molecule has 0 aromatic carbocycles. The molecule has 2 unspecified atom stereocenters. The second-order valence-electron chi connectivity index (χ2n) is 4.46. The molecule has 1 saturated heterocycles. The summed E-state index contributed by atoms with van der Waals surface area (Å²) in [7, 11) is 0. The lowest BCUT2D eigenvalue weighted by atomic mass is 9.97. The first kappa shape index (κ1) is 11.1. The summed E-state index contributed by atoms with van der Waals surface area (Å²) in [6.07, 6.45) is 5.05. The highest BCUT2D eigenvalue weighted by Crippen LogP contribution is 2.26. The van der Waals surface area contributed by atoms with E-state index in [4.69, 9.17) is 5.73 Å².